The number of hydrogen-bond acceptors (Lipinski definition) is 5. The fourth-order valence-electron chi connectivity index (χ4n) is 3.37. The molecule has 0 spiro atoms. The van der Waals surface area contributed by atoms with E-state index in [0.717, 1.165) is 0 Å². The van der Waals surface area contributed by atoms with Gasteiger partial charge in [0, 0.05) is 22.8 Å². The van der Waals surface area contributed by atoms with Crippen LogP contribution < -0.4 is 4.72 Å². The number of ketones is 1. The molecule has 0 aliphatic carbocycles. The summed E-state index contributed by atoms with van der Waals surface area (Å²) in [5.74, 6) is -6.28. The third-order valence-corrected chi connectivity index (χ3v) is 6.65. The second kappa shape index (κ2) is 9.07. The molecule has 0 aliphatic heterocycles. The fourth-order valence-corrected chi connectivity index (χ4v) is 4.63. The molecule has 2 heterocycles. The maximum Gasteiger partial charge on any atom is 0.232 e. The third-order valence-electron chi connectivity index (χ3n) is 4.94. The summed E-state index contributed by atoms with van der Waals surface area (Å²) in [6.07, 6.45) is 1.68. The topological polar surface area (TPSA) is 105 Å². The summed E-state index contributed by atoms with van der Waals surface area (Å²) >= 11 is 5.91. The van der Waals surface area contributed by atoms with E-state index in [1.807, 2.05) is 0 Å². The molecule has 4 rings (SSSR count). The number of carbonyl (C=O) groups excluding carboxylic acids is 1. The number of halogens is 4. The first kappa shape index (κ1) is 23.7. The van der Waals surface area contributed by atoms with Gasteiger partial charge in [0.15, 0.2) is 17.3 Å². The summed E-state index contributed by atoms with van der Waals surface area (Å²) in [5, 5.41) is 6.98. The molecule has 0 saturated carbocycles. The number of hydrogen-bond donors (Lipinski definition) is 2. The Balaban J connectivity index is 1.81. The largest absolute Gasteiger partial charge is 0.287 e. The van der Waals surface area contributed by atoms with Crippen molar-refractivity contribution in [1.82, 2.24) is 15.2 Å². The van der Waals surface area contributed by atoms with Crippen LogP contribution in [0.2, 0.25) is 5.02 Å². The Labute approximate surface area is 197 Å². The van der Waals surface area contributed by atoms with E-state index in [0.29, 0.717) is 16.1 Å². The number of nitrogens with one attached hydrogen (secondary N) is 2. The van der Waals surface area contributed by atoms with Gasteiger partial charge in [0.1, 0.15) is 17.2 Å². The van der Waals surface area contributed by atoms with Crippen LogP contribution in [0.3, 0.4) is 0 Å². The van der Waals surface area contributed by atoms with Crippen LogP contribution in [0.4, 0.5) is 18.9 Å². The molecule has 12 heteroatoms. The Morgan fingerprint density at radius 2 is 1.79 bits per heavy atom. The first-order valence-corrected chi connectivity index (χ1v) is 12.0. The van der Waals surface area contributed by atoms with Gasteiger partial charge >= 0.3 is 0 Å². The van der Waals surface area contributed by atoms with Crippen molar-refractivity contribution in [3.8, 4) is 11.1 Å². The number of aromatic amines is 1. The van der Waals surface area contributed by atoms with E-state index < -0.39 is 50.3 Å². The highest BCUT2D eigenvalue weighted by molar-refractivity contribution is 7.92. The van der Waals surface area contributed by atoms with Gasteiger partial charge in [-0.25, -0.2) is 26.6 Å². The van der Waals surface area contributed by atoms with E-state index >= 15 is 4.39 Å². The van der Waals surface area contributed by atoms with Gasteiger partial charge in [0.25, 0.3) is 0 Å². The van der Waals surface area contributed by atoms with Crippen molar-refractivity contribution in [3.63, 3.8) is 0 Å². The molecule has 34 heavy (non-hydrogen) atoms. The van der Waals surface area contributed by atoms with Crippen LogP contribution in [-0.2, 0) is 10.0 Å². The number of nitrogens with zero attached hydrogens (tertiary/aromatic N) is 2. The molecule has 2 aromatic carbocycles. The van der Waals surface area contributed by atoms with E-state index in [2.05, 4.69) is 15.2 Å². The van der Waals surface area contributed by atoms with Crippen LogP contribution in [0, 0.1) is 17.5 Å². The highest BCUT2D eigenvalue weighted by Gasteiger charge is 2.29. The summed E-state index contributed by atoms with van der Waals surface area (Å²) in [4.78, 5) is 17.3. The molecule has 2 aromatic heterocycles. The van der Waals surface area contributed by atoms with Crippen LogP contribution in [0.1, 0.15) is 29.4 Å². The van der Waals surface area contributed by atoms with Gasteiger partial charge in [-0.15, -0.1) is 0 Å². The lowest BCUT2D eigenvalue weighted by molar-refractivity contribution is 0.102. The Morgan fingerprint density at radius 1 is 1.09 bits per heavy atom. The molecule has 0 bridgehead atoms. The molecule has 4 aromatic rings. The number of H-pyrrole nitrogens is 1. The van der Waals surface area contributed by atoms with Gasteiger partial charge in [-0.3, -0.25) is 14.6 Å². The zero-order valence-corrected chi connectivity index (χ0v) is 19.1. The van der Waals surface area contributed by atoms with Crippen LogP contribution in [0.5, 0.6) is 0 Å². The summed E-state index contributed by atoms with van der Waals surface area (Å²) in [7, 11) is -4.12. The molecule has 0 amide bonds. The minimum absolute atomic E-state index is 0.105. The number of pyridine rings is 1. The number of sulfonamides is 1. The third kappa shape index (κ3) is 4.48. The number of rotatable bonds is 7. The van der Waals surface area contributed by atoms with Gasteiger partial charge in [-0.2, -0.15) is 5.10 Å². The lowest BCUT2D eigenvalue weighted by Gasteiger charge is -2.12. The number of fused-ring (bicyclic) bond motifs is 1. The van der Waals surface area contributed by atoms with Gasteiger partial charge in [-0.1, -0.05) is 30.7 Å². The second-order valence-corrected chi connectivity index (χ2v) is 9.63. The number of aromatic nitrogens is 3. The second-order valence-electron chi connectivity index (χ2n) is 7.35. The van der Waals surface area contributed by atoms with Crippen molar-refractivity contribution >= 4 is 44.1 Å². The zero-order chi connectivity index (χ0) is 24.6. The molecule has 0 unspecified atom stereocenters. The Kier molecular flexibility index (Phi) is 6.32. The monoisotopic (exact) mass is 508 g/mol. The van der Waals surface area contributed by atoms with Gasteiger partial charge in [0.05, 0.1) is 16.7 Å². The lowest BCUT2D eigenvalue weighted by Crippen LogP contribution is -2.20. The van der Waals surface area contributed by atoms with E-state index in [-0.39, 0.29) is 29.2 Å². The standard InChI is InChI=1S/C22H16ClF3N4O3S/c1-2-7-34(32,33)30-20-16(25)9-15(24)17(18(20)26)21(31)19-14-8-12(10-27-22(14)29-28-19)11-3-5-13(23)6-4-11/h3-6,8-10,30H,2,7H2,1H3,(H,27,28,29). The quantitative estimate of drug-likeness (QED) is 0.339. The van der Waals surface area contributed by atoms with E-state index in [9.17, 15) is 22.0 Å². The summed E-state index contributed by atoms with van der Waals surface area (Å²) in [6.45, 7) is 1.56. The molecule has 176 valence electrons. The van der Waals surface area contributed by atoms with Gasteiger partial charge in [0.2, 0.25) is 15.8 Å². The molecule has 0 radical (unpaired) electrons. The maximum absolute atomic E-state index is 15.1. The Bertz CT molecular complexity index is 1520. The van der Waals surface area contributed by atoms with Gasteiger partial charge in [-0.05, 0) is 30.2 Å². The predicted octanol–water partition coefficient (Wildman–Crippen LogP) is 5.08. The number of carbonyl (C=O) groups is 1. The van der Waals surface area contributed by atoms with Crippen molar-refractivity contribution in [2.75, 3.05) is 10.5 Å². The maximum atomic E-state index is 15.1. The molecule has 0 aliphatic rings. The highest BCUT2D eigenvalue weighted by Crippen LogP contribution is 2.30. The van der Waals surface area contributed by atoms with Crippen LogP contribution in [-0.4, -0.2) is 35.1 Å². The van der Waals surface area contributed by atoms with E-state index in [1.54, 1.807) is 42.0 Å². The smallest absolute Gasteiger partial charge is 0.232 e. The summed E-state index contributed by atoms with van der Waals surface area (Å²) in [6, 6.07) is 8.56. The van der Waals surface area contributed by atoms with Gasteiger partial charge < -0.3 is 0 Å². The van der Waals surface area contributed by atoms with E-state index in [1.165, 1.54) is 6.20 Å². The molecular weight excluding hydrogens is 493 g/mol. The lowest BCUT2D eigenvalue weighted by atomic mass is 10.0. The van der Waals surface area contributed by atoms with Crippen molar-refractivity contribution in [2.24, 2.45) is 0 Å². The molecule has 7 nitrogen and oxygen atoms in total. The van der Waals surface area contributed by atoms with Crippen LogP contribution in [0.15, 0.2) is 42.6 Å². The molecular formula is C22H16ClF3N4O3S. The van der Waals surface area contributed by atoms with Crippen molar-refractivity contribution in [2.45, 2.75) is 13.3 Å². The van der Waals surface area contributed by atoms with Crippen molar-refractivity contribution < 1.29 is 26.4 Å². The first-order chi connectivity index (χ1) is 16.1. The average molecular weight is 509 g/mol. The highest BCUT2D eigenvalue weighted by atomic mass is 35.5. The minimum Gasteiger partial charge on any atom is -0.287 e. The van der Waals surface area contributed by atoms with E-state index in [4.69, 9.17) is 11.6 Å². The zero-order valence-electron chi connectivity index (χ0n) is 17.5. The molecule has 0 saturated heterocycles. The predicted molar refractivity (Wildman–Crippen MR) is 122 cm³/mol. The Morgan fingerprint density at radius 3 is 2.47 bits per heavy atom. The fraction of sp³-hybridized carbons (Fsp3) is 0.136. The van der Waals surface area contributed by atoms with Crippen LogP contribution >= 0.6 is 11.6 Å². The normalized spacial score (nSPS) is 11.7. The molecule has 2 N–H and O–H groups in total. The molecule has 0 atom stereocenters. The van der Waals surface area contributed by atoms with Crippen LogP contribution in [0.25, 0.3) is 22.2 Å². The Hall–Kier alpha value is -3.44. The first-order valence-electron chi connectivity index (χ1n) is 9.94. The minimum atomic E-state index is -4.12. The molecule has 0 fully saturated rings. The van der Waals surface area contributed by atoms with Crippen molar-refractivity contribution in [3.05, 3.63) is 76.3 Å². The SMILES string of the molecule is CCCS(=O)(=O)Nc1c(F)cc(F)c(C(=O)c2[nH]nc3ncc(-c4ccc(Cl)cc4)cc23)c1F. The number of anilines is 1. The summed E-state index contributed by atoms with van der Waals surface area (Å²) in [5.41, 5.74) is -1.18. The number of benzene rings is 2. The average Bonchev–Trinajstić information content (AvgIpc) is 3.20. The summed E-state index contributed by atoms with van der Waals surface area (Å²) < 4.78 is 69.7. The van der Waals surface area contributed by atoms with Crippen molar-refractivity contribution in [1.29, 1.82) is 0 Å².